The van der Waals surface area contributed by atoms with Gasteiger partial charge in [-0.1, -0.05) is 71.8 Å². The molecule has 1 atom stereocenters. The average molecular weight is 389 g/mol. The maximum atomic E-state index is 5.76. The van der Waals surface area contributed by atoms with Crippen LogP contribution in [0.5, 0.6) is 0 Å². The van der Waals surface area contributed by atoms with Gasteiger partial charge < -0.3 is 15.4 Å². The second-order valence-corrected chi connectivity index (χ2v) is 7.58. The van der Waals surface area contributed by atoms with Gasteiger partial charge in [0.25, 0.3) is 0 Å². The van der Waals surface area contributed by atoms with Crippen molar-refractivity contribution in [2.45, 2.75) is 39.8 Å². The van der Waals surface area contributed by atoms with Crippen LogP contribution in [0.15, 0.2) is 72.8 Å². The zero-order valence-electron chi connectivity index (χ0n) is 17.7. The summed E-state index contributed by atoms with van der Waals surface area (Å²) in [6.07, 6.45) is 0.923. The van der Waals surface area contributed by atoms with Gasteiger partial charge in [-0.25, -0.2) is 0 Å². The predicted octanol–water partition coefficient (Wildman–Crippen LogP) is 5.98. The highest BCUT2D eigenvalue weighted by molar-refractivity contribution is 5.69. The lowest BCUT2D eigenvalue weighted by molar-refractivity contribution is 0.137. The number of anilines is 2. The first-order valence-corrected chi connectivity index (χ1v) is 10.4. The van der Waals surface area contributed by atoms with Gasteiger partial charge in [0.15, 0.2) is 0 Å². The van der Waals surface area contributed by atoms with E-state index in [9.17, 15) is 0 Å². The van der Waals surface area contributed by atoms with E-state index < -0.39 is 0 Å². The van der Waals surface area contributed by atoms with Gasteiger partial charge in [0.1, 0.15) is 0 Å². The van der Waals surface area contributed by atoms with Gasteiger partial charge >= 0.3 is 0 Å². The van der Waals surface area contributed by atoms with E-state index in [1.807, 2.05) is 6.92 Å². The van der Waals surface area contributed by atoms with Crippen LogP contribution in [0, 0.1) is 13.8 Å². The van der Waals surface area contributed by atoms with Gasteiger partial charge in [0.05, 0.1) is 24.0 Å². The molecule has 3 nitrogen and oxygen atoms in total. The molecule has 152 valence electrons. The number of ether oxygens (including phenoxy) is 1. The van der Waals surface area contributed by atoms with Crippen molar-refractivity contribution in [3.05, 3.63) is 95.1 Å². The summed E-state index contributed by atoms with van der Waals surface area (Å²) in [5.41, 5.74) is 7.38. The lowest BCUT2D eigenvalue weighted by atomic mass is 10.0. The highest BCUT2D eigenvalue weighted by Gasteiger charge is 2.12. The Balaban J connectivity index is 1.69. The number of nitrogens with one attached hydrogen (secondary N) is 2. The fourth-order valence-corrected chi connectivity index (χ4v) is 3.31. The van der Waals surface area contributed by atoms with E-state index >= 15 is 0 Å². The monoisotopic (exact) mass is 388 g/mol. The molecular weight excluding hydrogens is 356 g/mol. The minimum absolute atomic E-state index is 0.208. The number of para-hydroxylation sites is 2. The number of hydrogen-bond acceptors (Lipinski definition) is 3. The number of rotatable bonds is 10. The van der Waals surface area contributed by atoms with Crippen LogP contribution < -0.4 is 10.6 Å². The Morgan fingerprint density at radius 1 is 0.759 bits per heavy atom. The molecule has 3 rings (SSSR count). The largest absolute Gasteiger partial charge is 0.380 e. The molecule has 0 heterocycles. The first-order valence-electron chi connectivity index (χ1n) is 10.4. The summed E-state index contributed by atoms with van der Waals surface area (Å²) in [6.45, 7) is 8.47. The van der Waals surface area contributed by atoms with Crippen LogP contribution in [0.2, 0.25) is 0 Å². The zero-order chi connectivity index (χ0) is 20.5. The van der Waals surface area contributed by atoms with Crippen molar-refractivity contribution in [2.75, 3.05) is 23.8 Å². The van der Waals surface area contributed by atoms with E-state index in [1.54, 1.807) is 0 Å². The molecule has 0 radical (unpaired) electrons. The normalized spacial score (nSPS) is 11.8. The maximum Gasteiger partial charge on any atom is 0.0670 e. The summed E-state index contributed by atoms with van der Waals surface area (Å²) >= 11 is 0. The minimum Gasteiger partial charge on any atom is -0.380 e. The molecule has 0 aromatic heterocycles. The van der Waals surface area contributed by atoms with E-state index in [2.05, 4.69) is 97.3 Å². The Labute approximate surface area is 175 Å². The molecule has 0 saturated heterocycles. The maximum absolute atomic E-state index is 5.76. The van der Waals surface area contributed by atoms with Crippen LogP contribution in [0.3, 0.4) is 0 Å². The highest BCUT2D eigenvalue weighted by Crippen LogP contribution is 2.23. The molecule has 3 aromatic carbocycles. The van der Waals surface area contributed by atoms with Crippen LogP contribution in [-0.4, -0.2) is 19.3 Å². The molecule has 0 aliphatic heterocycles. The highest BCUT2D eigenvalue weighted by atomic mass is 16.5. The molecule has 0 fully saturated rings. The Bertz CT molecular complexity index is 872. The second kappa shape index (κ2) is 10.7. The number of aryl methyl sites for hydroxylation is 2. The predicted molar refractivity (Wildman–Crippen MR) is 124 cm³/mol. The van der Waals surface area contributed by atoms with E-state index in [0.717, 1.165) is 30.9 Å². The van der Waals surface area contributed by atoms with E-state index in [4.69, 9.17) is 4.74 Å². The molecule has 0 bridgehead atoms. The molecule has 3 heteroatoms. The fourth-order valence-electron chi connectivity index (χ4n) is 3.31. The third-order valence-corrected chi connectivity index (χ3v) is 5.02. The lowest BCUT2D eigenvalue weighted by Crippen LogP contribution is -2.28. The summed E-state index contributed by atoms with van der Waals surface area (Å²) in [4.78, 5) is 0. The summed E-state index contributed by atoms with van der Waals surface area (Å²) in [6, 6.07) is 26.0. The average Bonchev–Trinajstić information content (AvgIpc) is 2.74. The van der Waals surface area contributed by atoms with Crippen molar-refractivity contribution in [1.82, 2.24) is 0 Å². The summed E-state index contributed by atoms with van der Waals surface area (Å²) < 4.78 is 5.76. The van der Waals surface area contributed by atoms with Crippen LogP contribution in [0.1, 0.15) is 29.2 Å². The molecule has 0 aliphatic rings. The van der Waals surface area contributed by atoms with Gasteiger partial charge in [0.2, 0.25) is 0 Å². The van der Waals surface area contributed by atoms with Crippen molar-refractivity contribution in [3.63, 3.8) is 0 Å². The lowest BCUT2D eigenvalue weighted by Gasteiger charge is -2.22. The van der Waals surface area contributed by atoms with Crippen molar-refractivity contribution >= 4 is 11.4 Å². The fraction of sp³-hybridized carbons (Fsp3) is 0.308. The van der Waals surface area contributed by atoms with Crippen LogP contribution in [-0.2, 0) is 17.7 Å². The smallest absolute Gasteiger partial charge is 0.0670 e. The molecule has 3 aromatic rings. The Morgan fingerprint density at radius 3 is 1.97 bits per heavy atom. The van der Waals surface area contributed by atoms with Crippen LogP contribution >= 0.6 is 0 Å². The molecule has 0 saturated carbocycles. The molecule has 1 unspecified atom stereocenters. The van der Waals surface area contributed by atoms with Gasteiger partial charge in [-0.2, -0.15) is 0 Å². The third kappa shape index (κ3) is 6.65. The van der Waals surface area contributed by atoms with E-state index in [1.165, 1.54) is 22.3 Å². The number of benzene rings is 3. The summed E-state index contributed by atoms with van der Waals surface area (Å²) in [5.74, 6) is 0. The van der Waals surface area contributed by atoms with Crippen LogP contribution in [0.4, 0.5) is 11.4 Å². The SMILES string of the molecule is CCOCC(Cc1ccc(C)cc1)Nc1ccccc1NCc1ccc(C)cc1. The minimum atomic E-state index is 0.208. The molecule has 0 aliphatic carbocycles. The van der Waals surface area contributed by atoms with Crippen LogP contribution in [0.25, 0.3) is 0 Å². The Morgan fingerprint density at radius 2 is 1.34 bits per heavy atom. The second-order valence-electron chi connectivity index (χ2n) is 7.58. The van der Waals surface area contributed by atoms with Crippen molar-refractivity contribution in [1.29, 1.82) is 0 Å². The molecular formula is C26H32N2O. The van der Waals surface area contributed by atoms with Crippen molar-refractivity contribution in [3.8, 4) is 0 Å². The third-order valence-electron chi connectivity index (χ3n) is 5.02. The van der Waals surface area contributed by atoms with Gasteiger partial charge in [-0.3, -0.25) is 0 Å². The Hall–Kier alpha value is -2.78. The van der Waals surface area contributed by atoms with Crippen molar-refractivity contribution < 1.29 is 4.74 Å². The first-order chi connectivity index (χ1) is 14.1. The quantitative estimate of drug-likeness (QED) is 0.448. The summed E-state index contributed by atoms with van der Waals surface area (Å²) in [5, 5.41) is 7.28. The molecule has 0 amide bonds. The Kier molecular flexibility index (Phi) is 7.71. The summed E-state index contributed by atoms with van der Waals surface area (Å²) in [7, 11) is 0. The topological polar surface area (TPSA) is 33.3 Å². The number of hydrogen-bond donors (Lipinski definition) is 2. The zero-order valence-corrected chi connectivity index (χ0v) is 17.7. The van der Waals surface area contributed by atoms with Gasteiger partial charge in [-0.05, 0) is 50.5 Å². The van der Waals surface area contributed by atoms with E-state index in [-0.39, 0.29) is 6.04 Å². The standard InChI is InChI=1S/C26H32N2O/c1-4-29-19-24(17-22-13-9-20(2)10-14-22)28-26-8-6-5-7-25(26)27-18-23-15-11-21(3)12-16-23/h5-16,24,27-28H,4,17-19H2,1-3H3. The molecule has 29 heavy (non-hydrogen) atoms. The first kappa shape index (κ1) is 20.9. The molecule has 0 spiro atoms. The van der Waals surface area contributed by atoms with Gasteiger partial charge in [0, 0.05) is 13.2 Å². The van der Waals surface area contributed by atoms with E-state index in [0.29, 0.717) is 6.61 Å². The van der Waals surface area contributed by atoms with Crippen molar-refractivity contribution in [2.24, 2.45) is 0 Å². The van der Waals surface area contributed by atoms with Gasteiger partial charge in [-0.15, -0.1) is 0 Å². The molecule has 2 N–H and O–H groups in total.